The van der Waals surface area contributed by atoms with Gasteiger partial charge in [-0.25, -0.2) is 0 Å². The first-order chi connectivity index (χ1) is 14.6. The van der Waals surface area contributed by atoms with Crippen molar-refractivity contribution in [3.8, 4) is 17.2 Å². The molecule has 31 heavy (non-hydrogen) atoms. The zero-order chi connectivity index (χ0) is 21.3. The molecule has 0 aromatic heterocycles. The lowest BCUT2D eigenvalue weighted by Gasteiger charge is -2.16. The van der Waals surface area contributed by atoms with Gasteiger partial charge in [-0.15, -0.1) is 12.4 Å². The number of rotatable bonds is 10. The molecule has 0 atom stereocenters. The molecule has 0 bridgehead atoms. The van der Waals surface area contributed by atoms with E-state index in [2.05, 4.69) is 36.5 Å². The molecule has 0 saturated carbocycles. The standard InChI is InChI=1S/C25H28ClNO3.ClH/c1-4-29-24-14-20(15-27-16-21-7-5-6-8-23(21)28-3)13-22(26)25(24)30-17-19-11-9-18(2)10-12-19;/h5-14,27H,4,15-17H2,1-3H3;1H. The topological polar surface area (TPSA) is 39.7 Å². The Balaban J connectivity index is 0.00000341. The number of benzene rings is 3. The van der Waals surface area contributed by atoms with Crippen molar-refractivity contribution < 1.29 is 14.2 Å². The van der Waals surface area contributed by atoms with Crippen LogP contribution in [0.3, 0.4) is 0 Å². The molecule has 0 aliphatic rings. The lowest BCUT2D eigenvalue weighted by molar-refractivity contribution is 0.269. The lowest BCUT2D eigenvalue weighted by atomic mass is 10.1. The molecular weight excluding hydrogens is 433 g/mol. The van der Waals surface area contributed by atoms with Gasteiger partial charge < -0.3 is 19.5 Å². The average molecular weight is 462 g/mol. The van der Waals surface area contributed by atoms with Crippen LogP contribution in [-0.2, 0) is 19.7 Å². The Morgan fingerprint density at radius 2 is 1.61 bits per heavy atom. The van der Waals surface area contributed by atoms with Crippen molar-refractivity contribution in [3.63, 3.8) is 0 Å². The van der Waals surface area contributed by atoms with Crippen LogP contribution in [0.4, 0.5) is 0 Å². The Hall–Kier alpha value is -2.40. The van der Waals surface area contributed by atoms with Crippen molar-refractivity contribution in [2.24, 2.45) is 0 Å². The molecule has 0 spiro atoms. The van der Waals surface area contributed by atoms with Crippen molar-refractivity contribution >= 4 is 24.0 Å². The lowest BCUT2D eigenvalue weighted by Crippen LogP contribution is -2.13. The number of nitrogens with one attached hydrogen (secondary N) is 1. The SMILES string of the molecule is CCOc1cc(CNCc2ccccc2OC)cc(Cl)c1OCc1ccc(C)cc1.Cl. The Morgan fingerprint density at radius 3 is 2.32 bits per heavy atom. The van der Waals surface area contributed by atoms with Gasteiger partial charge in [0.25, 0.3) is 0 Å². The van der Waals surface area contributed by atoms with Gasteiger partial charge in [-0.05, 0) is 43.2 Å². The summed E-state index contributed by atoms with van der Waals surface area (Å²) in [7, 11) is 1.68. The van der Waals surface area contributed by atoms with Gasteiger partial charge in [0.15, 0.2) is 11.5 Å². The first-order valence-electron chi connectivity index (χ1n) is 10.1. The van der Waals surface area contributed by atoms with E-state index in [4.69, 9.17) is 25.8 Å². The van der Waals surface area contributed by atoms with E-state index in [0.29, 0.717) is 42.8 Å². The highest BCUT2D eigenvalue weighted by Gasteiger charge is 2.13. The molecule has 6 heteroatoms. The van der Waals surface area contributed by atoms with Crippen molar-refractivity contribution in [1.29, 1.82) is 0 Å². The zero-order valence-electron chi connectivity index (χ0n) is 18.1. The van der Waals surface area contributed by atoms with E-state index in [0.717, 1.165) is 22.4 Å². The van der Waals surface area contributed by atoms with Gasteiger partial charge in [-0.2, -0.15) is 0 Å². The van der Waals surface area contributed by atoms with Crippen molar-refractivity contribution in [1.82, 2.24) is 5.32 Å². The smallest absolute Gasteiger partial charge is 0.180 e. The third kappa shape index (κ3) is 7.06. The van der Waals surface area contributed by atoms with Crippen LogP contribution in [0.25, 0.3) is 0 Å². The van der Waals surface area contributed by atoms with Gasteiger partial charge in [-0.3, -0.25) is 0 Å². The molecule has 0 aliphatic heterocycles. The van der Waals surface area contributed by atoms with Gasteiger partial charge >= 0.3 is 0 Å². The number of aryl methyl sites for hydroxylation is 1. The monoisotopic (exact) mass is 461 g/mol. The van der Waals surface area contributed by atoms with Crippen molar-refractivity contribution in [2.75, 3.05) is 13.7 Å². The second-order valence-electron chi connectivity index (χ2n) is 7.03. The molecule has 0 aliphatic carbocycles. The van der Waals surface area contributed by atoms with Crippen LogP contribution in [0, 0.1) is 6.92 Å². The molecule has 3 aromatic rings. The largest absolute Gasteiger partial charge is 0.496 e. The summed E-state index contributed by atoms with van der Waals surface area (Å²) in [4.78, 5) is 0. The minimum atomic E-state index is 0. The van der Waals surface area contributed by atoms with Crippen LogP contribution in [-0.4, -0.2) is 13.7 Å². The van der Waals surface area contributed by atoms with Crippen LogP contribution in [0.2, 0.25) is 5.02 Å². The summed E-state index contributed by atoms with van der Waals surface area (Å²) in [5, 5.41) is 3.98. The predicted octanol–water partition coefficient (Wildman–Crippen LogP) is 6.35. The van der Waals surface area contributed by atoms with E-state index in [1.807, 2.05) is 43.3 Å². The summed E-state index contributed by atoms with van der Waals surface area (Å²) < 4.78 is 17.2. The van der Waals surface area contributed by atoms with Gasteiger partial charge in [0.1, 0.15) is 12.4 Å². The molecule has 0 heterocycles. The average Bonchev–Trinajstić information content (AvgIpc) is 2.75. The minimum absolute atomic E-state index is 0. The fourth-order valence-electron chi connectivity index (χ4n) is 3.16. The Bertz CT molecular complexity index is 961. The molecule has 3 rings (SSSR count). The number of hydrogen-bond donors (Lipinski definition) is 1. The molecule has 1 N–H and O–H groups in total. The highest BCUT2D eigenvalue weighted by molar-refractivity contribution is 6.32. The molecule has 3 aromatic carbocycles. The second kappa shape index (κ2) is 12.5. The highest BCUT2D eigenvalue weighted by Crippen LogP contribution is 2.37. The molecule has 4 nitrogen and oxygen atoms in total. The van der Waals surface area contributed by atoms with E-state index in [1.54, 1.807) is 7.11 Å². The highest BCUT2D eigenvalue weighted by atomic mass is 35.5. The van der Waals surface area contributed by atoms with E-state index in [-0.39, 0.29) is 12.4 Å². The van der Waals surface area contributed by atoms with Crippen LogP contribution >= 0.6 is 24.0 Å². The fourth-order valence-corrected chi connectivity index (χ4v) is 3.44. The molecule has 0 unspecified atom stereocenters. The predicted molar refractivity (Wildman–Crippen MR) is 129 cm³/mol. The summed E-state index contributed by atoms with van der Waals surface area (Å²) in [6, 6.07) is 20.1. The number of methoxy groups -OCH3 is 1. The maximum atomic E-state index is 6.55. The summed E-state index contributed by atoms with van der Waals surface area (Å²) in [6.45, 7) is 6.33. The maximum absolute atomic E-state index is 6.55. The maximum Gasteiger partial charge on any atom is 0.180 e. The van der Waals surface area contributed by atoms with E-state index in [9.17, 15) is 0 Å². The molecule has 0 saturated heterocycles. The Labute approximate surface area is 195 Å². The molecule has 0 amide bonds. The van der Waals surface area contributed by atoms with E-state index < -0.39 is 0 Å². The number of halogens is 2. The summed E-state index contributed by atoms with van der Waals surface area (Å²) in [5.41, 5.74) is 4.44. The second-order valence-corrected chi connectivity index (χ2v) is 7.43. The quantitative estimate of drug-likeness (QED) is 0.381. The number of para-hydroxylation sites is 1. The minimum Gasteiger partial charge on any atom is -0.496 e. The van der Waals surface area contributed by atoms with E-state index >= 15 is 0 Å². The summed E-state index contributed by atoms with van der Waals surface area (Å²) in [6.07, 6.45) is 0. The normalized spacial score (nSPS) is 10.3. The van der Waals surface area contributed by atoms with E-state index in [1.165, 1.54) is 5.56 Å². The fraction of sp³-hybridized carbons (Fsp3) is 0.280. The summed E-state index contributed by atoms with van der Waals surface area (Å²) >= 11 is 6.55. The molecule has 0 radical (unpaired) electrons. The van der Waals surface area contributed by atoms with Crippen LogP contribution in [0.1, 0.15) is 29.2 Å². The van der Waals surface area contributed by atoms with Gasteiger partial charge in [0.2, 0.25) is 0 Å². The van der Waals surface area contributed by atoms with Crippen molar-refractivity contribution in [3.05, 3.63) is 87.9 Å². The molecular formula is C25H29Cl2NO3. The van der Waals surface area contributed by atoms with Crippen LogP contribution in [0.5, 0.6) is 17.2 Å². The number of hydrogen-bond acceptors (Lipinski definition) is 4. The van der Waals surface area contributed by atoms with Gasteiger partial charge in [-0.1, -0.05) is 59.6 Å². The van der Waals surface area contributed by atoms with Gasteiger partial charge in [0, 0.05) is 18.7 Å². The van der Waals surface area contributed by atoms with Crippen LogP contribution in [0.15, 0.2) is 60.7 Å². The first kappa shape index (κ1) is 24.9. The molecule has 0 fully saturated rings. The van der Waals surface area contributed by atoms with Crippen LogP contribution < -0.4 is 19.5 Å². The third-order valence-corrected chi connectivity index (χ3v) is 4.99. The van der Waals surface area contributed by atoms with Gasteiger partial charge in [0.05, 0.1) is 18.7 Å². The van der Waals surface area contributed by atoms with Crippen molar-refractivity contribution in [2.45, 2.75) is 33.5 Å². The third-order valence-electron chi connectivity index (χ3n) is 4.71. The number of ether oxygens (including phenoxy) is 3. The first-order valence-corrected chi connectivity index (χ1v) is 10.4. The Kier molecular flexibility index (Phi) is 9.99. The summed E-state index contributed by atoms with van der Waals surface area (Å²) in [5.74, 6) is 2.11. The Morgan fingerprint density at radius 1 is 0.871 bits per heavy atom. The zero-order valence-corrected chi connectivity index (χ0v) is 19.7. The molecule has 166 valence electrons.